The molecule has 0 aliphatic heterocycles. The number of nitrogens with zero attached hydrogens (tertiary/aromatic N) is 2. The molecule has 0 radical (unpaired) electrons. The number of hydrogen-bond acceptors (Lipinski definition) is 6. The van der Waals surface area contributed by atoms with Gasteiger partial charge >= 0.3 is 0 Å². The molecule has 0 spiro atoms. The van der Waals surface area contributed by atoms with Crippen molar-refractivity contribution in [2.24, 2.45) is 5.73 Å². The zero-order valence-electron chi connectivity index (χ0n) is 9.91. The normalized spacial score (nSPS) is 10.5. The van der Waals surface area contributed by atoms with Gasteiger partial charge in [-0.25, -0.2) is 0 Å². The van der Waals surface area contributed by atoms with Crippen molar-refractivity contribution in [3.05, 3.63) is 40.6 Å². The predicted molar refractivity (Wildman–Crippen MR) is 70.6 cm³/mol. The fourth-order valence-corrected chi connectivity index (χ4v) is 2.22. The third-order valence-electron chi connectivity index (χ3n) is 2.26. The number of hydrogen-bond donors (Lipinski definition) is 2. The Hall–Kier alpha value is -2.22. The molecule has 2 aromatic rings. The molecule has 0 atom stereocenters. The number of thioether (sulfide) groups is 1. The summed E-state index contributed by atoms with van der Waals surface area (Å²) in [5, 5.41) is 0.334. The first kappa shape index (κ1) is 13.2. The average Bonchev–Trinajstić information content (AvgIpc) is 2.83. The molecule has 19 heavy (non-hydrogen) atoms. The van der Waals surface area contributed by atoms with Crippen LogP contribution in [-0.4, -0.2) is 21.2 Å². The van der Waals surface area contributed by atoms with Crippen molar-refractivity contribution in [3.63, 3.8) is 0 Å². The minimum absolute atomic E-state index is 0.0219. The van der Waals surface area contributed by atoms with Crippen molar-refractivity contribution in [1.29, 1.82) is 0 Å². The van der Waals surface area contributed by atoms with Crippen LogP contribution in [0.4, 0.5) is 5.82 Å². The Morgan fingerprint density at radius 2 is 2.32 bits per heavy atom. The Morgan fingerprint density at radius 3 is 2.95 bits per heavy atom. The number of anilines is 1. The van der Waals surface area contributed by atoms with Crippen molar-refractivity contribution >= 4 is 23.5 Å². The molecule has 0 aliphatic carbocycles. The highest BCUT2D eigenvalue weighted by molar-refractivity contribution is 7.99. The number of nitrogen functional groups attached to an aromatic ring is 1. The van der Waals surface area contributed by atoms with E-state index >= 15 is 0 Å². The molecule has 0 unspecified atom stereocenters. The maximum absolute atomic E-state index is 11.4. The van der Waals surface area contributed by atoms with Crippen molar-refractivity contribution in [2.75, 3.05) is 11.5 Å². The Labute approximate surface area is 112 Å². The van der Waals surface area contributed by atoms with Crippen LogP contribution in [0.25, 0.3) is 0 Å². The Bertz CT molecular complexity index is 636. The van der Waals surface area contributed by atoms with Gasteiger partial charge in [0.2, 0.25) is 5.91 Å². The van der Waals surface area contributed by atoms with Gasteiger partial charge < -0.3 is 15.9 Å². The topological polar surface area (TPSA) is 117 Å². The van der Waals surface area contributed by atoms with E-state index in [2.05, 4.69) is 4.98 Å². The van der Waals surface area contributed by atoms with Crippen LogP contribution in [-0.2, 0) is 11.3 Å². The first-order chi connectivity index (χ1) is 9.06. The van der Waals surface area contributed by atoms with Crippen LogP contribution in [0.2, 0.25) is 0 Å². The molecule has 4 N–H and O–H groups in total. The third kappa shape index (κ3) is 3.38. The van der Waals surface area contributed by atoms with E-state index in [0.717, 1.165) is 11.8 Å². The minimum Gasteiger partial charge on any atom is -0.467 e. The zero-order chi connectivity index (χ0) is 13.8. The summed E-state index contributed by atoms with van der Waals surface area (Å²) in [6.45, 7) is 0.327. The van der Waals surface area contributed by atoms with Gasteiger partial charge in [0.15, 0.2) is 5.16 Å². The molecule has 0 aliphatic rings. The SMILES string of the molecule is NC(=O)CSc1nc(=O)cc(N)n1Cc1ccco1. The van der Waals surface area contributed by atoms with E-state index < -0.39 is 11.5 Å². The van der Waals surface area contributed by atoms with Crippen LogP contribution in [0, 0.1) is 0 Å². The fraction of sp³-hybridized carbons (Fsp3) is 0.182. The van der Waals surface area contributed by atoms with E-state index in [0.29, 0.717) is 17.5 Å². The first-order valence-corrected chi connectivity index (χ1v) is 6.35. The molecule has 100 valence electrons. The number of carbonyl (C=O) groups is 1. The summed E-state index contributed by atoms with van der Waals surface area (Å²) < 4.78 is 6.81. The summed E-state index contributed by atoms with van der Waals surface area (Å²) in [4.78, 5) is 26.0. The van der Waals surface area contributed by atoms with Crippen LogP contribution >= 0.6 is 11.8 Å². The van der Waals surface area contributed by atoms with Gasteiger partial charge in [-0.2, -0.15) is 4.98 Å². The second-order valence-electron chi connectivity index (χ2n) is 3.72. The average molecular weight is 280 g/mol. The number of rotatable bonds is 5. The summed E-state index contributed by atoms with van der Waals surface area (Å²) in [5.74, 6) is 0.446. The number of aromatic nitrogens is 2. The second kappa shape index (κ2) is 5.61. The first-order valence-electron chi connectivity index (χ1n) is 5.37. The zero-order valence-corrected chi connectivity index (χ0v) is 10.7. The van der Waals surface area contributed by atoms with Gasteiger partial charge in [-0.05, 0) is 12.1 Å². The lowest BCUT2D eigenvalue weighted by molar-refractivity contribution is -0.115. The van der Waals surface area contributed by atoms with Crippen molar-refractivity contribution in [3.8, 4) is 0 Å². The van der Waals surface area contributed by atoms with Crippen LogP contribution in [0.1, 0.15) is 5.76 Å². The Kier molecular flexibility index (Phi) is 3.91. The third-order valence-corrected chi connectivity index (χ3v) is 3.26. The smallest absolute Gasteiger partial charge is 0.275 e. The highest BCUT2D eigenvalue weighted by Crippen LogP contribution is 2.18. The highest BCUT2D eigenvalue weighted by atomic mass is 32.2. The number of furan rings is 1. The van der Waals surface area contributed by atoms with Gasteiger partial charge in [0.1, 0.15) is 11.6 Å². The maximum atomic E-state index is 11.4. The van der Waals surface area contributed by atoms with Crippen LogP contribution in [0.15, 0.2) is 38.8 Å². The van der Waals surface area contributed by atoms with Crippen LogP contribution in [0.3, 0.4) is 0 Å². The molecular formula is C11H12N4O3S. The lowest BCUT2D eigenvalue weighted by atomic mass is 10.4. The van der Waals surface area contributed by atoms with Gasteiger partial charge in [0, 0.05) is 6.07 Å². The molecule has 1 amide bonds. The molecule has 0 aromatic carbocycles. The van der Waals surface area contributed by atoms with E-state index in [4.69, 9.17) is 15.9 Å². The quantitative estimate of drug-likeness (QED) is 0.590. The van der Waals surface area contributed by atoms with E-state index in [9.17, 15) is 9.59 Å². The number of nitrogens with two attached hydrogens (primary N) is 2. The maximum Gasteiger partial charge on any atom is 0.275 e. The molecule has 0 saturated heterocycles. The highest BCUT2D eigenvalue weighted by Gasteiger charge is 2.11. The predicted octanol–water partition coefficient (Wildman–Crippen LogP) is 0.0442. The van der Waals surface area contributed by atoms with E-state index in [1.807, 2.05) is 0 Å². The number of amides is 1. The molecule has 0 fully saturated rings. The van der Waals surface area contributed by atoms with Crippen LogP contribution < -0.4 is 17.0 Å². The summed E-state index contributed by atoms with van der Waals surface area (Å²) in [7, 11) is 0. The Morgan fingerprint density at radius 1 is 1.53 bits per heavy atom. The Balaban J connectivity index is 2.33. The largest absolute Gasteiger partial charge is 0.467 e. The van der Waals surface area contributed by atoms with E-state index in [-0.39, 0.29) is 11.6 Å². The standard InChI is InChI=1S/C11H12N4O3S/c12-8-4-10(17)14-11(19-6-9(13)16)15(8)5-7-2-1-3-18-7/h1-4H,5-6,12H2,(H2,13,16). The molecule has 2 heterocycles. The summed E-state index contributed by atoms with van der Waals surface area (Å²) in [5.41, 5.74) is 10.4. The molecular weight excluding hydrogens is 268 g/mol. The number of carbonyl (C=O) groups excluding carboxylic acids is 1. The fourth-order valence-electron chi connectivity index (χ4n) is 1.46. The lowest BCUT2D eigenvalue weighted by Gasteiger charge is -2.12. The summed E-state index contributed by atoms with van der Waals surface area (Å²) in [6.07, 6.45) is 1.54. The van der Waals surface area contributed by atoms with Gasteiger partial charge in [0.05, 0.1) is 18.6 Å². The van der Waals surface area contributed by atoms with Crippen molar-refractivity contribution < 1.29 is 9.21 Å². The van der Waals surface area contributed by atoms with E-state index in [1.54, 1.807) is 16.7 Å². The van der Waals surface area contributed by atoms with Gasteiger partial charge in [0.25, 0.3) is 5.56 Å². The molecule has 2 aromatic heterocycles. The summed E-state index contributed by atoms with van der Waals surface area (Å²) in [6, 6.07) is 4.75. The molecule has 8 heteroatoms. The van der Waals surface area contributed by atoms with Crippen molar-refractivity contribution in [2.45, 2.75) is 11.7 Å². The van der Waals surface area contributed by atoms with Crippen LogP contribution in [0.5, 0.6) is 0 Å². The van der Waals surface area contributed by atoms with Gasteiger partial charge in [-0.1, -0.05) is 11.8 Å². The number of primary amides is 1. The molecule has 0 bridgehead atoms. The lowest BCUT2D eigenvalue weighted by Crippen LogP contribution is -2.20. The summed E-state index contributed by atoms with van der Waals surface area (Å²) >= 11 is 1.06. The molecule has 0 saturated carbocycles. The molecule has 7 nitrogen and oxygen atoms in total. The van der Waals surface area contributed by atoms with Crippen molar-refractivity contribution in [1.82, 2.24) is 9.55 Å². The van der Waals surface area contributed by atoms with E-state index in [1.165, 1.54) is 12.3 Å². The van der Waals surface area contributed by atoms with Gasteiger partial charge in [-0.3, -0.25) is 14.2 Å². The second-order valence-corrected chi connectivity index (χ2v) is 4.66. The molecule has 2 rings (SSSR count). The monoisotopic (exact) mass is 280 g/mol. The minimum atomic E-state index is -0.494. The van der Waals surface area contributed by atoms with Gasteiger partial charge in [-0.15, -0.1) is 0 Å².